The van der Waals surface area contributed by atoms with E-state index in [1.807, 2.05) is 0 Å². The third-order valence-corrected chi connectivity index (χ3v) is 6.48. The van der Waals surface area contributed by atoms with Crippen LogP contribution < -0.4 is 5.32 Å². The molecule has 1 saturated heterocycles. The van der Waals surface area contributed by atoms with Crippen molar-refractivity contribution in [2.75, 3.05) is 6.54 Å². The summed E-state index contributed by atoms with van der Waals surface area (Å²) in [4.78, 5) is 0. The summed E-state index contributed by atoms with van der Waals surface area (Å²) in [6, 6.07) is 0.859. The van der Waals surface area contributed by atoms with Gasteiger partial charge in [0.25, 0.3) is 0 Å². The van der Waals surface area contributed by atoms with Crippen LogP contribution in [0.5, 0.6) is 0 Å². The fourth-order valence-corrected chi connectivity index (χ4v) is 5.35. The second-order valence-corrected chi connectivity index (χ2v) is 7.84. The number of hydrogen-bond donors (Lipinski definition) is 1. The molecule has 0 aromatic carbocycles. The highest BCUT2D eigenvalue weighted by molar-refractivity contribution is 8.93. The molecule has 1 unspecified atom stereocenters. The van der Waals surface area contributed by atoms with Crippen LogP contribution in [-0.2, 0) is 0 Å². The Balaban J connectivity index is 0.00000161. The lowest BCUT2D eigenvalue weighted by Gasteiger charge is -2.40. The molecule has 0 aromatic rings. The molecule has 3 rings (SSSR count). The van der Waals surface area contributed by atoms with Gasteiger partial charge in [-0.05, 0) is 43.6 Å². The van der Waals surface area contributed by atoms with E-state index in [2.05, 4.69) is 5.32 Å². The second-order valence-electron chi connectivity index (χ2n) is 7.84. The van der Waals surface area contributed by atoms with E-state index in [4.69, 9.17) is 0 Å². The molecular formula is C19H36BrN. The lowest BCUT2D eigenvalue weighted by Crippen LogP contribution is -2.39. The highest BCUT2D eigenvalue weighted by Gasteiger charge is 2.33. The summed E-state index contributed by atoms with van der Waals surface area (Å²) in [6.07, 6.45) is 21.1. The first-order chi connectivity index (χ1) is 9.93. The average molecular weight is 358 g/mol. The Morgan fingerprint density at radius 3 is 1.67 bits per heavy atom. The number of nitrogens with one attached hydrogen (secondary N) is 1. The molecule has 2 aliphatic carbocycles. The van der Waals surface area contributed by atoms with Gasteiger partial charge in [-0.1, -0.05) is 70.6 Å². The Kier molecular flexibility index (Phi) is 8.09. The topological polar surface area (TPSA) is 12.0 Å². The number of rotatable bonds is 4. The van der Waals surface area contributed by atoms with Crippen molar-refractivity contribution in [1.82, 2.24) is 5.32 Å². The fourth-order valence-electron chi connectivity index (χ4n) is 5.35. The van der Waals surface area contributed by atoms with Crippen molar-refractivity contribution in [3.05, 3.63) is 0 Å². The van der Waals surface area contributed by atoms with Gasteiger partial charge in [0.05, 0.1) is 0 Å². The van der Waals surface area contributed by atoms with Gasteiger partial charge in [-0.15, -0.1) is 17.0 Å². The summed E-state index contributed by atoms with van der Waals surface area (Å²) in [5.74, 6) is 3.22. The number of halogens is 1. The molecule has 0 radical (unpaired) electrons. The van der Waals surface area contributed by atoms with Crippen LogP contribution in [0.1, 0.15) is 89.9 Å². The van der Waals surface area contributed by atoms with Crippen molar-refractivity contribution < 1.29 is 0 Å². The van der Waals surface area contributed by atoms with Crippen molar-refractivity contribution in [3.63, 3.8) is 0 Å². The van der Waals surface area contributed by atoms with E-state index < -0.39 is 0 Å². The molecule has 1 atom stereocenters. The van der Waals surface area contributed by atoms with Gasteiger partial charge in [-0.25, -0.2) is 0 Å². The lowest BCUT2D eigenvalue weighted by molar-refractivity contribution is 0.118. The molecule has 0 bridgehead atoms. The third kappa shape index (κ3) is 5.23. The summed E-state index contributed by atoms with van der Waals surface area (Å²) in [5, 5.41) is 3.83. The average Bonchev–Trinajstić information content (AvgIpc) is 2.55. The van der Waals surface area contributed by atoms with Crippen LogP contribution in [0.15, 0.2) is 0 Å². The zero-order chi connectivity index (χ0) is 13.6. The molecule has 0 amide bonds. The minimum Gasteiger partial charge on any atom is -0.314 e. The highest BCUT2D eigenvalue weighted by Crippen LogP contribution is 2.42. The molecule has 21 heavy (non-hydrogen) atoms. The van der Waals surface area contributed by atoms with E-state index in [1.165, 1.54) is 70.8 Å². The molecule has 2 heteroatoms. The van der Waals surface area contributed by atoms with Gasteiger partial charge in [0.2, 0.25) is 0 Å². The maximum atomic E-state index is 3.83. The smallest absolute Gasteiger partial charge is 0.00699 e. The van der Waals surface area contributed by atoms with Gasteiger partial charge >= 0.3 is 0 Å². The zero-order valence-corrected chi connectivity index (χ0v) is 15.5. The first-order valence-electron chi connectivity index (χ1n) is 9.67. The minimum atomic E-state index is 0. The lowest BCUT2D eigenvalue weighted by atomic mass is 9.67. The van der Waals surface area contributed by atoms with E-state index in [0.717, 1.165) is 23.8 Å². The Labute approximate surface area is 142 Å². The quantitative estimate of drug-likeness (QED) is 0.662. The Morgan fingerprint density at radius 1 is 0.667 bits per heavy atom. The zero-order valence-electron chi connectivity index (χ0n) is 13.8. The van der Waals surface area contributed by atoms with Crippen LogP contribution in [0.25, 0.3) is 0 Å². The molecule has 3 fully saturated rings. The number of hydrogen-bond acceptors (Lipinski definition) is 1. The van der Waals surface area contributed by atoms with Crippen molar-refractivity contribution in [3.8, 4) is 0 Å². The predicted octanol–water partition coefficient (Wildman–Crippen LogP) is 5.87. The van der Waals surface area contributed by atoms with E-state index in [-0.39, 0.29) is 17.0 Å². The Hall–Kier alpha value is 0.440. The van der Waals surface area contributed by atoms with Crippen LogP contribution in [-0.4, -0.2) is 12.6 Å². The molecule has 0 spiro atoms. The van der Waals surface area contributed by atoms with Crippen molar-refractivity contribution >= 4 is 17.0 Å². The standard InChI is InChI=1S/C19H35N.BrH/c1-3-9-16(10-4-1)19(17-11-5-2-6-12-17)15-18-13-7-8-14-20-18;/h16-20H,1-15H2;1H. The maximum absolute atomic E-state index is 3.83. The summed E-state index contributed by atoms with van der Waals surface area (Å²) < 4.78 is 0. The Bertz CT molecular complexity index is 245. The van der Waals surface area contributed by atoms with E-state index in [1.54, 1.807) is 25.7 Å². The molecule has 1 nitrogen and oxygen atoms in total. The maximum Gasteiger partial charge on any atom is 0.00699 e. The van der Waals surface area contributed by atoms with E-state index in [9.17, 15) is 0 Å². The van der Waals surface area contributed by atoms with E-state index >= 15 is 0 Å². The molecule has 1 aliphatic heterocycles. The van der Waals surface area contributed by atoms with E-state index in [0.29, 0.717) is 0 Å². The van der Waals surface area contributed by atoms with Crippen molar-refractivity contribution in [2.24, 2.45) is 17.8 Å². The van der Waals surface area contributed by atoms with Crippen LogP contribution in [0.4, 0.5) is 0 Å². The molecule has 3 aliphatic rings. The minimum absolute atomic E-state index is 0. The monoisotopic (exact) mass is 357 g/mol. The summed E-state index contributed by atoms with van der Waals surface area (Å²) in [5.41, 5.74) is 0. The van der Waals surface area contributed by atoms with Gasteiger partial charge in [0.15, 0.2) is 0 Å². The van der Waals surface area contributed by atoms with Crippen molar-refractivity contribution in [1.29, 1.82) is 0 Å². The molecule has 1 N–H and O–H groups in total. The van der Waals surface area contributed by atoms with Gasteiger partial charge in [0.1, 0.15) is 0 Å². The highest BCUT2D eigenvalue weighted by atomic mass is 79.9. The van der Waals surface area contributed by atoms with Crippen LogP contribution in [0.2, 0.25) is 0 Å². The summed E-state index contributed by atoms with van der Waals surface area (Å²) >= 11 is 0. The first kappa shape index (κ1) is 17.8. The van der Waals surface area contributed by atoms with Crippen LogP contribution >= 0.6 is 17.0 Å². The molecular weight excluding hydrogens is 322 g/mol. The molecule has 2 saturated carbocycles. The third-order valence-electron chi connectivity index (χ3n) is 6.48. The van der Waals surface area contributed by atoms with Crippen molar-refractivity contribution in [2.45, 2.75) is 95.9 Å². The van der Waals surface area contributed by atoms with Crippen LogP contribution in [0, 0.1) is 17.8 Å². The fraction of sp³-hybridized carbons (Fsp3) is 1.00. The SMILES string of the molecule is Br.C1CCC(C(CC2CCCCN2)C2CCCCC2)CC1. The van der Waals surface area contributed by atoms with Gasteiger partial charge in [0, 0.05) is 6.04 Å². The summed E-state index contributed by atoms with van der Waals surface area (Å²) in [6.45, 7) is 1.28. The molecule has 0 aromatic heterocycles. The normalized spacial score (nSPS) is 29.3. The number of piperidine rings is 1. The van der Waals surface area contributed by atoms with Gasteiger partial charge in [-0.3, -0.25) is 0 Å². The van der Waals surface area contributed by atoms with Gasteiger partial charge < -0.3 is 5.32 Å². The molecule has 1 heterocycles. The molecule has 124 valence electrons. The first-order valence-corrected chi connectivity index (χ1v) is 9.67. The predicted molar refractivity (Wildman–Crippen MR) is 97.2 cm³/mol. The largest absolute Gasteiger partial charge is 0.314 e. The summed E-state index contributed by atoms with van der Waals surface area (Å²) in [7, 11) is 0. The van der Waals surface area contributed by atoms with Gasteiger partial charge in [-0.2, -0.15) is 0 Å². The Morgan fingerprint density at radius 2 is 1.19 bits per heavy atom. The second kappa shape index (κ2) is 9.55. The van der Waals surface area contributed by atoms with Crippen LogP contribution in [0.3, 0.4) is 0 Å².